The summed E-state index contributed by atoms with van der Waals surface area (Å²) in [5.41, 5.74) is 0.771. The van der Waals surface area contributed by atoms with Gasteiger partial charge in [-0.3, -0.25) is 14.4 Å². The van der Waals surface area contributed by atoms with E-state index in [2.05, 4.69) is 0 Å². The van der Waals surface area contributed by atoms with E-state index in [0.717, 1.165) is 16.3 Å². The summed E-state index contributed by atoms with van der Waals surface area (Å²) < 4.78 is 37.4. The van der Waals surface area contributed by atoms with Gasteiger partial charge in [-0.1, -0.05) is 37.1 Å². The van der Waals surface area contributed by atoms with Gasteiger partial charge in [-0.2, -0.15) is 0 Å². The van der Waals surface area contributed by atoms with Crippen molar-refractivity contribution in [2.24, 2.45) is 5.41 Å². The van der Waals surface area contributed by atoms with Gasteiger partial charge < -0.3 is 9.47 Å². The highest BCUT2D eigenvalue weighted by molar-refractivity contribution is 7.89. The van der Waals surface area contributed by atoms with Crippen molar-refractivity contribution in [2.45, 2.75) is 50.8 Å². The van der Waals surface area contributed by atoms with Gasteiger partial charge in [0.1, 0.15) is 0 Å². The minimum Gasteiger partial charge on any atom is -0.468 e. The summed E-state index contributed by atoms with van der Waals surface area (Å²) in [6.07, 6.45) is 3.36. The second kappa shape index (κ2) is 9.51. The quantitative estimate of drug-likeness (QED) is 0.441. The zero-order valence-corrected chi connectivity index (χ0v) is 20.2. The summed E-state index contributed by atoms with van der Waals surface area (Å²) in [6.45, 7) is 3.66. The summed E-state index contributed by atoms with van der Waals surface area (Å²) in [5.74, 6) is -2.11. The molecule has 1 aromatic carbocycles. The van der Waals surface area contributed by atoms with Crippen molar-refractivity contribution in [3.63, 3.8) is 0 Å². The third kappa shape index (κ3) is 4.34. The Morgan fingerprint density at radius 1 is 1.09 bits per heavy atom. The first-order chi connectivity index (χ1) is 15.6. The van der Waals surface area contributed by atoms with Crippen LogP contribution in [-0.2, 0) is 33.9 Å². The first-order valence-electron chi connectivity index (χ1n) is 10.8. The summed E-state index contributed by atoms with van der Waals surface area (Å²) in [7, 11) is -1.69. The predicted molar refractivity (Wildman–Crippen MR) is 120 cm³/mol. The van der Waals surface area contributed by atoms with Crippen LogP contribution in [0.15, 0.2) is 52.0 Å². The number of ether oxygens (including phenoxy) is 2. The van der Waals surface area contributed by atoms with Crippen molar-refractivity contribution < 1.29 is 32.3 Å². The first kappa shape index (κ1) is 24.7. The fourth-order valence-corrected chi connectivity index (χ4v) is 5.67. The lowest BCUT2D eigenvalue weighted by atomic mass is 9.70. The van der Waals surface area contributed by atoms with E-state index in [1.54, 1.807) is 18.2 Å². The number of rotatable bonds is 7. The third-order valence-corrected chi connectivity index (χ3v) is 8.01. The van der Waals surface area contributed by atoms with E-state index in [1.807, 2.05) is 13.8 Å². The van der Waals surface area contributed by atoms with Crippen molar-refractivity contribution in [1.82, 2.24) is 4.31 Å². The average Bonchev–Trinajstić information content (AvgIpc) is 2.81. The Bertz CT molecular complexity index is 1110. The molecule has 0 aromatic heterocycles. The highest BCUT2D eigenvalue weighted by Crippen LogP contribution is 2.45. The number of esters is 2. The fourth-order valence-electron chi connectivity index (χ4n) is 4.30. The number of carbonyl (C=O) groups is 3. The second-order valence-corrected chi connectivity index (χ2v) is 10.2. The van der Waals surface area contributed by atoms with Crippen LogP contribution < -0.4 is 0 Å². The number of fused-ring (bicyclic) bond motifs is 1. The molecule has 9 heteroatoms. The maximum atomic E-state index is 13.5. The van der Waals surface area contributed by atoms with Gasteiger partial charge >= 0.3 is 11.9 Å². The number of carbonyl (C=O) groups excluding carboxylic acids is 3. The molecule has 3 rings (SSSR count). The maximum Gasteiger partial charge on any atom is 0.323 e. The smallest absolute Gasteiger partial charge is 0.323 e. The number of nitrogens with zero attached hydrogens (tertiary/aromatic N) is 1. The van der Waals surface area contributed by atoms with Crippen molar-refractivity contribution in [2.75, 3.05) is 20.8 Å². The zero-order valence-electron chi connectivity index (χ0n) is 19.3. The minimum absolute atomic E-state index is 0.00114. The van der Waals surface area contributed by atoms with E-state index in [0.29, 0.717) is 29.6 Å². The number of hydrogen-bond acceptors (Lipinski definition) is 7. The van der Waals surface area contributed by atoms with E-state index in [4.69, 9.17) is 9.47 Å². The molecule has 1 aromatic rings. The van der Waals surface area contributed by atoms with E-state index >= 15 is 0 Å². The van der Waals surface area contributed by atoms with Gasteiger partial charge in [-0.25, -0.2) is 12.7 Å². The number of allylic oxidation sites excluding steroid dienone is 1. The van der Waals surface area contributed by atoms with Crippen LogP contribution in [0.4, 0.5) is 0 Å². The van der Waals surface area contributed by atoms with Gasteiger partial charge in [-0.15, -0.1) is 0 Å². The Kier molecular flexibility index (Phi) is 7.11. The molecule has 0 N–H and O–H groups in total. The maximum absolute atomic E-state index is 13.5. The molecule has 0 bridgehead atoms. The molecule has 178 valence electrons. The molecule has 1 aliphatic carbocycles. The zero-order chi connectivity index (χ0) is 24.4. The number of aryl methyl sites for hydroxylation is 1. The van der Waals surface area contributed by atoms with Crippen LogP contribution in [0.1, 0.15) is 44.6 Å². The van der Waals surface area contributed by atoms with Crippen LogP contribution in [0.3, 0.4) is 0 Å². The van der Waals surface area contributed by atoms with E-state index < -0.39 is 33.3 Å². The number of unbranched alkanes of at least 4 members (excludes halogenated alkanes) is 1. The molecule has 2 aliphatic rings. The van der Waals surface area contributed by atoms with E-state index in [1.165, 1.54) is 26.4 Å². The molecule has 0 saturated carbocycles. The van der Waals surface area contributed by atoms with Crippen LogP contribution >= 0.6 is 0 Å². The average molecular weight is 476 g/mol. The van der Waals surface area contributed by atoms with Crippen molar-refractivity contribution in [3.05, 3.63) is 52.6 Å². The highest BCUT2D eigenvalue weighted by Gasteiger charge is 2.52. The summed E-state index contributed by atoms with van der Waals surface area (Å²) in [4.78, 5) is 38.8. The number of amides is 1. The lowest BCUT2D eigenvalue weighted by molar-refractivity contribution is -0.169. The SMILES string of the molecule is CCCCC1=C2CC(C(=O)OC)(C(=O)OC)CC=C2CN(S(=O)(=O)c2ccc(C)cc2)C1=O. The summed E-state index contributed by atoms with van der Waals surface area (Å²) in [6, 6.07) is 6.33. The molecule has 1 amide bonds. The fraction of sp³-hybridized carbons (Fsp3) is 0.458. The molecule has 0 atom stereocenters. The third-order valence-electron chi connectivity index (χ3n) is 6.27. The van der Waals surface area contributed by atoms with Gasteiger partial charge in [0, 0.05) is 12.0 Å². The molecule has 0 radical (unpaired) electrons. The Labute approximate surface area is 194 Å². The van der Waals surface area contributed by atoms with Crippen LogP contribution in [-0.4, -0.2) is 51.3 Å². The number of hydrogen-bond donors (Lipinski definition) is 0. The van der Waals surface area contributed by atoms with Gasteiger partial charge in [0.05, 0.1) is 25.7 Å². The minimum atomic E-state index is -4.08. The lowest BCUT2D eigenvalue weighted by Crippen LogP contribution is -2.47. The van der Waals surface area contributed by atoms with Gasteiger partial charge in [-0.05, 0) is 49.5 Å². The van der Waals surface area contributed by atoms with E-state index in [-0.39, 0.29) is 24.3 Å². The van der Waals surface area contributed by atoms with Gasteiger partial charge in [0.2, 0.25) is 0 Å². The molecular formula is C24H29NO7S. The highest BCUT2D eigenvalue weighted by atomic mass is 32.2. The Morgan fingerprint density at radius 2 is 1.70 bits per heavy atom. The standard InChI is InChI=1S/C24H29NO7S/c1-5-6-7-19-20-14-24(22(27)31-3,23(28)32-4)13-12-17(20)15-25(21(19)26)33(29,30)18-10-8-16(2)9-11-18/h8-12H,5-7,13-15H2,1-4H3. The van der Waals surface area contributed by atoms with Crippen molar-refractivity contribution in [1.29, 1.82) is 0 Å². The topological polar surface area (TPSA) is 107 Å². The monoisotopic (exact) mass is 475 g/mol. The Hall–Kier alpha value is -2.94. The molecule has 1 aliphatic heterocycles. The van der Waals surface area contributed by atoms with Gasteiger partial charge in [0.15, 0.2) is 5.41 Å². The molecule has 1 heterocycles. The normalized spacial score (nSPS) is 17.9. The van der Waals surface area contributed by atoms with Crippen LogP contribution in [0, 0.1) is 12.3 Å². The van der Waals surface area contributed by atoms with Crippen LogP contribution in [0.2, 0.25) is 0 Å². The number of benzene rings is 1. The molecule has 8 nitrogen and oxygen atoms in total. The first-order valence-corrected chi connectivity index (χ1v) is 12.3. The van der Waals surface area contributed by atoms with Crippen LogP contribution in [0.25, 0.3) is 0 Å². The van der Waals surface area contributed by atoms with Crippen molar-refractivity contribution >= 4 is 27.9 Å². The molecule has 0 unspecified atom stereocenters. The molecule has 0 fully saturated rings. The Morgan fingerprint density at radius 3 is 2.24 bits per heavy atom. The predicted octanol–water partition coefficient (Wildman–Crippen LogP) is 3.07. The molecule has 33 heavy (non-hydrogen) atoms. The second-order valence-electron chi connectivity index (χ2n) is 8.37. The Balaban J connectivity index is 2.11. The molecule has 0 saturated heterocycles. The van der Waals surface area contributed by atoms with Crippen molar-refractivity contribution in [3.8, 4) is 0 Å². The number of methoxy groups -OCH3 is 2. The lowest BCUT2D eigenvalue weighted by Gasteiger charge is -2.38. The van der Waals surface area contributed by atoms with Crippen LogP contribution in [0.5, 0.6) is 0 Å². The molecular weight excluding hydrogens is 446 g/mol. The largest absolute Gasteiger partial charge is 0.468 e. The summed E-state index contributed by atoms with van der Waals surface area (Å²) >= 11 is 0. The van der Waals surface area contributed by atoms with E-state index in [9.17, 15) is 22.8 Å². The molecule has 0 spiro atoms. The van der Waals surface area contributed by atoms with Gasteiger partial charge in [0.25, 0.3) is 15.9 Å². The number of sulfonamides is 1. The summed E-state index contributed by atoms with van der Waals surface area (Å²) in [5, 5.41) is 0.